The van der Waals surface area contributed by atoms with E-state index in [-0.39, 0.29) is 16.3 Å². The van der Waals surface area contributed by atoms with Crippen LogP contribution in [0.3, 0.4) is 0 Å². The van der Waals surface area contributed by atoms with Crippen LogP contribution in [0.2, 0.25) is 0 Å². The van der Waals surface area contributed by atoms with E-state index in [1.807, 2.05) is 26.0 Å². The monoisotopic (exact) mass is 278 g/mol. The molecule has 0 bridgehead atoms. The molecule has 4 nitrogen and oxygen atoms in total. The Hall–Kier alpha value is -1.49. The average molecular weight is 278 g/mol. The average Bonchev–Trinajstić information content (AvgIpc) is 2.63. The number of hydrogen-bond acceptors (Lipinski definition) is 4. The van der Waals surface area contributed by atoms with Gasteiger partial charge in [0.25, 0.3) is 0 Å². The SMILES string of the molecule is CC(=O)SC1CC(=O)N(c2cc(C)c(C)cc2N)C1. The maximum Gasteiger partial charge on any atom is 0.228 e. The molecule has 1 heterocycles. The number of aryl methyl sites for hydroxylation is 2. The van der Waals surface area contributed by atoms with Crippen molar-refractivity contribution < 1.29 is 9.59 Å². The van der Waals surface area contributed by atoms with E-state index < -0.39 is 0 Å². The number of amides is 1. The van der Waals surface area contributed by atoms with E-state index in [0.29, 0.717) is 18.7 Å². The van der Waals surface area contributed by atoms with Crippen molar-refractivity contribution in [3.05, 3.63) is 23.3 Å². The van der Waals surface area contributed by atoms with Gasteiger partial charge in [-0.15, -0.1) is 0 Å². The molecule has 1 aliphatic rings. The number of rotatable bonds is 2. The van der Waals surface area contributed by atoms with Crippen molar-refractivity contribution in [1.82, 2.24) is 0 Å². The number of thioether (sulfide) groups is 1. The molecule has 2 rings (SSSR count). The van der Waals surface area contributed by atoms with Crippen molar-refractivity contribution in [2.75, 3.05) is 17.2 Å². The molecule has 5 heteroatoms. The second-order valence-electron chi connectivity index (χ2n) is 4.94. The van der Waals surface area contributed by atoms with Crippen molar-refractivity contribution in [2.45, 2.75) is 32.4 Å². The summed E-state index contributed by atoms with van der Waals surface area (Å²) in [7, 11) is 0. The number of carbonyl (C=O) groups excluding carboxylic acids is 2. The molecule has 0 aliphatic carbocycles. The minimum absolute atomic E-state index is 0.0333. The van der Waals surface area contributed by atoms with Gasteiger partial charge < -0.3 is 10.6 Å². The zero-order chi connectivity index (χ0) is 14.2. The summed E-state index contributed by atoms with van der Waals surface area (Å²) in [5, 5.41) is 0.0821. The maximum atomic E-state index is 12.1. The molecular weight excluding hydrogens is 260 g/mol. The van der Waals surface area contributed by atoms with E-state index in [0.717, 1.165) is 16.8 Å². The topological polar surface area (TPSA) is 63.4 Å². The first-order chi connectivity index (χ1) is 8.88. The van der Waals surface area contributed by atoms with Crippen LogP contribution >= 0.6 is 11.8 Å². The van der Waals surface area contributed by atoms with Crippen molar-refractivity contribution in [3.63, 3.8) is 0 Å². The van der Waals surface area contributed by atoms with Gasteiger partial charge >= 0.3 is 0 Å². The van der Waals surface area contributed by atoms with Gasteiger partial charge in [-0.05, 0) is 37.1 Å². The Kier molecular flexibility index (Phi) is 3.85. The number of benzene rings is 1. The minimum Gasteiger partial charge on any atom is -0.397 e. The summed E-state index contributed by atoms with van der Waals surface area (Å²) in [5.74, 6) is 0.0358. The Balaban J connectivity index is 2.25. The lowest BCUT2D eigenvalue weighted by Crippen LogP contribution is -2.26. The number of hydrogen-bond donors (Lipinski definition) is 1. The highest BCUT2D eigenvalue weighted by Gasteiger charge is 2.32. The standard InChI is InChI=1S/C14H18N2O2S/c1-8-4-12(15)13(5-9(8)2)16-7-11(6-14(16)18)19-10(3)17/h4-5,11H,6-7,15H2,1-3H3. The maximum absolute atomic E-state index is 12.1. The highest BCUT2D eigenvalue weighted by atomic mass is 32.2. The molecule has 1 saturated heterocycles. The predicted octanol–water partition coefficient (Wildman–Crippen LogP) is 2.27. The molecule has 1 amide bonds. The van der Waals surface area contributed by atoms with E-state index in [1.165, 1.54) is 18.7 Å². The number of nitrogens with two attached hydrogens (primary N) is 1. The fraction of sp³-hybridized carbons (Fsp3) is 0.429. The molecule has 1 aromatic rings. The van der Waals surface area contributed by atoms with Gasteiger partial charge in [-0.3, -0.25) is 9.59 Å². The second kappa shape index (κ2) is 5.25. The molecule has 1 aliphatic heterocycles. The molecule has 1 aromatic carbocycles. The van der Waals surface area contributed by atoms with Crippen LogP contribution in [0.15, 0.2) is 12.1 Å². The van der Waals surface area contributed by atoms with E-state index >= 15 is 0 Å². The van der Waals surface area contributed by atoms with Crippen LogP contribution in [-0.2, 0) is 9.59 Å². The van der Waals surface area contributed by atoms with Crippen LogP contribution in [0, 0.1) is 13.8 Å². The predicted molar refractivity (Wildman–Crippen MR) is 79.4 cm³/mol. The highest BCUT2D eigenvalue weighted by molar-refractivity contribution is 8.14. The van der Waals surface area contributed by atoms with Crippen LogP contribution < -0.4 is 10.6 Å². The number of nitrogens with zero attached hydrogens (tertiary/aromatic N) is 1. The molecule has 2 N–H and O–H groups in total. The molecular formula is C14H18N2O2S. The first-order valence-electron chi connectivity index (χ1n) is 6.22. The Morgan fingerprint density at radius 2 is 2.00 bits per heavy atom. The van der Waals surface area contributed by atoms with Gasteiger partial charge in [0.2, 0.25) is 5.91 Å². The Morgan fingerprint density at radius 3 is 2.63 bits per heavy atom. The summed E-state index contributed by atoms with van der Waals surface area (Å²) in [6.07, 6.45) is 0.399. The third-order valence-corrected chi connectivity index (χ3v) is 4.34. The lowest BCUT2D eigenvalue weighted by molar-refractivity contribution is -0.117. The van der Waals surface area contributed by atoms with E-state index in [4.69, 9.17) is 5.73 Å². The smallest absolute Gasteiger partial charge is 0.228 e. The first-order valence-corrected chi connectivity index (χ1v) is 7.10. The van der Waals surface area contributed by atoms with E-state index in [9.17, 15) is 9.59 Å². The molecule has 1 fully saturated rings. The van der Waals surface area contributed by atoms with Gasteiger partial charge in [-0.2, -0.15) is 0 Å². The second-order valence-corrected chi connectivity index (χ2v) is 6.41. The largest absolute Gasteiger partial charge is 0.397 e. The molecule has 102 valence electrons. The summed E-state index contributed by atoms with van der Waals surface area (Å²) >= 11 is 1.24. The van der Waals surface area contributed by atoms with Crippen LogP contribution in [-0.4, -0.2) is 22.8 Å². The first kappa shape index (κ1) is 13.9. The molecule has 0 radical (unpaired) electrons. The van der Waals surface area contributed by atoms with Gasteiger partial charge in [0.05, 0.1) is 11.4 Å². The normalized spacial score (nSPS) is 19.0. The molecule has 0 aromatic heterocycles. The summed E-state index contributed by atoms with van der Waals surface area (Å²) < 4.78 is 0. The highest BCUT2D eigenvalue weighted by Crippen LogP contribution is 2.33. The quantitative estimate of drug-likeness (QED) is 0.843. The summed E-state index contributed by atoms with van der Waals surface area (Å²) in [6.45, 7) is 6.08. The zero-order valence-electron chi connectivity index (χ0n) is 11.4. The Labute approximate surface area is 117 Å². The van der Waals surface area contributed by atoms with Crippen LogP contribution in [0.1, 0.15) is 24.5 Å². The van der Waals surface area contributed by atoms with Crippen molar-refractivity contribution in [2.24, 2.45) is 0 Å². The summed E-state index contributed by atoms with van der Waals surface area (Å²) in [5.41, 5.74) is 9.62. The van der Waals surface area contributed by atoms with Gasteiger partial charge in [-0.25, -0.2) is 0 Å². The lowest BCUT2D eigenvalue weighted by Gasteiger charge is -2.20. The molecule has 0 saturated carbocycles. The number of anilines is 2. The zero-order valence-corrected chi connectivity index (χ0v) is 12.2. The third-order valence-electron chi connectivity index (χ3n) is 3.36. The fourth-order valence-electron chi connectivity index (χ4n) is 2.28. The van der Waals surface area contributed by atoms with Gasteiger partial charge in [0.15, 0.2) is 5.12 Å². The summed E-state index contributed by atoms with van der Waals surface area (Å²) in [6, 6.07) is 3.84. The molecule has 0 spiro atoms. The van der Waals surface area contributed by atoms with E-state index in [1.54, 1.807) is 4.90 Å². The van der Waals surface area contributed by atoms with Gasteiger partial charge in [-0.1, -0.05) is 11.8 Å². The Bertz CT molecular complexity index is 542. The van der Waals surface area contributed by atoms with Crippen LogP contribution in [0.25, 0.3) is 0 Å². The number of nitrogen functional groups attached to an aromatic ring is 1. The molecule has 19 heavy (non-hydrogen) atoms. The van der Waals surface area contributed by atoms with Crippen LogP contribution in [0.5, 0.6) is 0 Å². The van der Waals surface area contributed by atoms with Gasteiger partial charge in [0.1, 0.15) is 0 Å². The van der Waals surface area contributed by atoms with Crippen molar-refractivity contribution >= 4 is 34.2 Å². The molecule has 1 atom stereocenters. The van der Waals surface area contributed by atoms with Crippen molar-refractivity contribution in [1.29, 1.82) is 0 Å². The van der Waals surface area contributed by atoms with E-state index in [2.05, 4.69) is 0 Å². The van der Waals surface area contributed by atoms with Gasteiger partial charge in [0, 0.05) is 25.1 Å². The van der Waals surface area contributed by atoms with Crippen LogP contribution in [0.4, 0.5) is 11.4 Å². The Morgan fingerprint density at radius 1 is 1.37 bits per heavy atom. The van der Waals surface area contributed by atoms with Crippen molar-refractivity contribution in [3.8, 4) is 0 Å². The fourth-order valence-corrected chi connectivity index (χ4v) is 3.20. The lowest BCUT2D eigenvalue weighted by atomic mass is 10.1. The minimum atomic E-state index is 0.0333. The third kappa shape index (κ3) is 2.92. The summed E-state index contributed by atoms with van der Waals surface area (Å²) in [4.78, 5) is 24.9. The molecule has 1 unspecified atom stereocenters. The number of carbonyl (C=O) groups is 2.